The molecule has 1 unspecified atom stereocenters. The van der Waals surface area contributed by atoms with E-state index in [-0.39, 0.29) is 30.9 Å². The van der Waals surface area contributed by atoms with E-state index in [1.165, 1.54) is 11.8 Å². The Morgan fingerprint density at radius 2 is 2.00 bits per heavy atom. The molecule has 1 aliphatic rings. The molecule has 2 heterocycles. The highest BCUT2D eigenvalue weighted by Gasteiger charge is 2.27. The van der Waals surface area contributed by atoms with E-state index in [4.69, 9.17) is 5.11 Å². The van der Waals surface area contributed by atoms with Gasteiger partial charge < -0.3 is 19.5 Å². The smallest absolute Gasteiger partial charge is 0.323 e. The third kappa shape index (κ3) is 4.45. The summed E-state index contributed by atoms with van der Waals surface area (Å²) in [6.45, 7) is 2.44. The van der Waals surface area contributed by atoms with Crippen molar-refractivity contribution in [3.8, 4) is 0 Å². The average molecular weight is 372 g/mol. The molecule has 1 aliphatic heterocycles. The maximum Gasteiger partial charge on any atom is 0.323 e. The number of hydrogen-bond donors (Lipinski definition) is 1. The second-order valence-electron chi connectivity index (χ2n) is 6.87. The lowest BCUT2D eigenvalue weighted by Gasteiger charge is -2.28. The minimum absolute atomic E-state index is 0.00594. The number of fused-ring (bicyclic) bond motifs is 1. The topological polar surface area (TPSA) is 95.7 Å². The molecular formula is C19H24N4O4. The first-order chi connectivity index (χ1) is 13.0. The van der Waals surface area contributed by atoms with Crippen LogP contribution in [-0.4, -0.2) is 67.9 Å². The summed E-state index contributed by atoms with van der Waals surface area (Å²) in [6.07, 6.45) is 3.70. The Bertz CT molecular complexity index is 847. The number of aliphatic carboxylic acids is 1. The third-order valence-electron chi connectivity index (χ3n) is 5.03. The number of imidazole rings is 1. The Morgan fingerprint density at radius 1 is 1.22 bits per heavy atom. The number of carboxylic acid groups (broad SMARTS) is 1. The van der Waals surface area contributed by atoms with E-state index < -0.39 is 5.97 Å². The number of carboxylic acids is 1. The number of carbonyl (C=O) groups excluding carboxylic acids is 2. The molecule has 1 atom stereocenters. The third-order valence-corrected chi connectivity index (χ3v) is 5.03. The van der Waals surface area contributed by atoms with Gasteiger partial charge in [-0.05, 0) is 31.4 Å². The van der Waals surface area contributed by atoms with Crippen LogP contribution in [0.5, 0.6) is 0 Å². The molecule has 0 bridgehead atoms. The number of rotatable bonds is 5. The van der Waals surface area contributed by atoms with E-state index in [2.05, 4.69) is 4.98 Å². The molecule has 0 saturated carbocycles. The second-order valence-corrected chi connectivity index (χ2v) is 6.87. The molecule has 3 rings (SSSR count). The van der Waals surface area contributed by atoms with Crippen LogP contribution in [0.1, 0.15) is 26.2 Å². The van der Waals surface area contributed by atoms with E-state index in [0.717, 1.165) is 17.5 Å². The van der Waals surface area contributed by atoms with Gasteiger partial charge in [-0.15, -0.1) is 0 Å². The number of nitrogens with zero attached hydrogens (tertiary/aromatic N) is 4. The van der Waals surface area contributed by atoms with Crippen LogP contribution < -0.4 is 0 Å². The van der Waals surface area contributed by atoms with Crippen LogP contribution in [0.2, 0.25) is 0 Å². The van der Waals surface area contributed by atoms with Crippen LogP contribution in [0.15, 0.2) is 30.6 Å². The predicted octanol–water partition coefficient (Wildman–Crippen LogP) is 1.35. The molecule has 0 radical (unpaired) electrons. The van der Waals surface area contributed by atoms with Gasteiger partial charge in [-0.25, -0.2) is 4.98 Å². The normalized spacial score (nSPS) is 17.5. The molecular weight excluding hydrogens is 348 g/mol. The Kier molecular flexibility index (Phi) is 5.73. The predicted molar refractivity (Wildman–Crippen MR) is 99.0 cm³/mol. The highest BCUT2D eigenvalue weighted by Crippen LogP contribution is 2.18. The van der Waals surface area contributed by atoms with Gasteiger partial charge in [-0.1, -0.05) is 12.1 Å². The van der Waals surface area contributed by atoms with E-state index in [1.807, 2.05) is 28.8 Å². The van der Waals surface area contributed by atoms with Crippen molar-refractivity contribution in [2.45, 2.75) is 38.8 Å². The van der Waals surface area contributed by atoms with Crippen LogP contribution in [0.3, 0.4) is 0 Å². The second kappa shape index (κ2) is 8.20. The minimum Gasteiger partial charge on any atom is -0.480 e. The van der Waals surface area contributed by atoms with Crippen LogP contribution in [0.4, 0.5) is 0 Å². The number of aromatic nitrogens is 2. The Labute approximate surface area is 157 Å². The van der Waals surface area contributed by atoms with Crippen molar-refractivity contribution in [2.75, 3.05) is 19.6 Å². The lowest BCUT2D eigenvalue weighted by molar-refractivity contribution is -0.145. The summed E-state index contributed by atoms with van der Waals surface area (Å²) in [4.78, 5) is 43.1. The van der Waals surface area contributed by atoms with E-state index in [1.54, 1.807) is 11.2 Å². The van der Waals surface area contributed by atoms with Gasteiger partial charge in [0.2, 0.25) is 11.8 Å². The number of para-hydroxylation sites is 2. The van der Waals surface area contributed by atoms with Crippen molar-refractivity contribution in [1.29, 1.82) is 0 Å². The van der Waals surface area contributed by atoms with Crippen LogP contribution >= 0.6 is 0 Å². The van der Waals surface area contributed by atoms with Gasteiger partial charge in [0, 0.05) is 26.1 Å². The van der Waals surface area contributed by atoms with Crippen molar-refractivity contribution in [2.24, 2.45) is 0 Å². The summed E-state index contributed by atoms with van der Waals surface area (Å²) in [7, 11) is 0. The molecule has 0 spiro atoms. The fourth-order valence-electron chi connectivity index (χ4n) is 3.67. The van der Waals surface area contributed by atoms with E-state index >= 15 is 0 Å². The molecule has 8 heteroatoms. The highest BCUT2D eigenvalue weighted by molar-refractivity contribution is 5.81. The minimum atomic E-state index is -1.02. The molecule has 2 amide bonds. The number of likely N-dealkylation sites (tertiary alicyclic amines) is 1. The summed E-state index contributed by atoms with van der Waals surface area (Å²) in [6, 6.07) is 7.52. The number of benzene rings is 1. The zero-order chi connectivity index (χ0) is 19.4. The van der Waals surface area contributed by atoms with Gasteiger partial charge in [0.05, 0.1) is 17.4 Å². The molecule has 8 nitrogen and oxygen atoms in total. The van der Waals surface area contributed by atoms with Crippen molar-refractivity contribution in [1.82, 2.24) is 19.4 Å². The standard InChI is InChI=1S/C19H24N4O4/c1-14(24)23(12-19(26)27)15-5-4-9-21(10-8-15)18(25)11-22-13-20-16-6-2-3-7-17(16)22/h2-3,6-7,13,15H,4-5,8-12H2,1H3,(H,26,27). The average Bonchev–Trinajstić information content (AvgIpc) is 2.87. The maximum atomic E-state index is 12.8. The quantitative estimate of drug-likeness (QED) is 0.855. The van der Waals surface area contributed by atoms with E-state index in [0.29, 0.717) is 25.9 Å². The SMILES string of the molecule is CC(=O)N(CC(=O)O)C1CCCN(C(=O)Cn2cnc3ccccc32)CC1. The molecule has 0 aliphatic carbocycles. The Balaban J connectivity index is 1.64. The van der Waals surface area contributed by atoms with Gasteiger partial charge in [0.25, 0.3) is 0 Å². The maximum absolute atomic E-state index is 12.8. The molecule has 1 aromatic carbocycles. The monoisotopic (exact) mass is 372 g/mol. The van der Waals surface area contributed by atoms with Crippen LogP contribution in [0.25, 0.3) is 11.0 Å². The van der Waals surface area contributed by atoms with Gasteiger partial charge in [-0.2, -0.15) is 0 Å². The summed E-state index contributed by atoms with van der Waals surface area (Å²) >= 11 is 0. The molecule has 1 N–H and O–H groups in total. The lowest BCUT2D eigenvalue weighted by Crippen LogP contribution is -2.43. The van der Waals surface area contributed by atoms with Crippen molar-refractivity contribution < 1.29 is 19.5 Å². The molecule has 27 heavy (non-hydrogen) atoms. The van der Waals surface area contributed by atoms with Gasteiger partial charge in [-0.3, -0.25) is 14.4 Å². The van der Waals surface area contributed by atoms with Gasteiger partial charge >= 0.3 is 5.97 Å². The Hall–Kier alpha value is -2.90. The number of hydrogen-bond acceptors (Lipinski definition) is 4. The van der Waals surface area contributed by atoms with Crippen molar-refractivity contribution in [3.63, 3.8) is 0 Å². The van der Waals surface area contributed by atoms with Gasteiger partial charge in [0.1, 0.15) is 13.1 Å². The van der Waals surface area contributed by atoms with E-state index in [9.17, 15) is 14.4 Å². The van der Waals surface area contributed by atoms with Crippen LogP contribution in [0, 0.1) is 0 Å². The number of carbonyl (C=O) groups is 3. The summed E-state index contributed by atoms with van der Waals surface area (Å²) < 4.78 is 1.84. The highest BCUT2D eigenvalue weighted by atomic mass is 16.4. The molecule has 1 saturated heterocycles. The van der Waals surface area contributed by atoms with Crippen LogP contribution in [-0.2, 0) is 20.9 Å². The molecule has 1 fully saturated rings. The first-order valence-electron chi connectivity index (χ1n) is 9.12. The molecule has 1 aromatic heterocycles. The van der Waals surface area contributed by atoms with Crippen molar-refractivity contribution in [3.05, 3.63) is 30.6 Å². The molecule has 2 aromatic rings. The zero-order valence-corrected chi connectivity index (χ0v) is 15.4. The fraction of sp³-hybridized carbons (Fsp3) is 0.474. The largest absolute Gasteiger partial charge is 0.480 e. The lowest BCUT2D eigenvalue weighted by atomic mass is 10.1. The first kappa shape index (κ1) is 18.9. The zero-order valence-electron chi connectivity index (χ0n) is 15.4. The summed E-state index contributed by atoms with van der Waals surface area (Å²) in [5.74, 6) is -1.26. The first-order valence-corrected chi connectivity index (χ1v) is 9.12. The summed E-state index contributed by atoms with van der Waals surface area (Å²) in [5.41, 5.74) is 1.77. The fourth-order valence-corrected chi connectivity index (χ4v) is 3.67. The summed E-state index contributed by atoms with van der Waals surface area (Å²) in [5, 5.41) is 9.04. The molecule has 144 valence electrons. The van der Waals surface area contributed by atoms with Gasteiger partial charge in [0.15, 0.2) is 0 Å². The van der Waals surface area contributed by atoms with Crippen molar-refractivity contribution >= 4 is 28.8 Å². The Morgan fingerprint density at radius 3 is 2.74 bits per heavy atom. The number of amides is 2.